The van der Waals surface area contributed by atoms with Gasteiger partial charge >= 0.3 is 8.56 Å². The maximum Gasteiger partial charge on any atom is 0.344 e. The Morgan fingerprint density at radius 3 is 1.33 bits per heavy atom. The SMILES string of the molecule is CC(C)CO[Si](OCC(C)C)(C1CCCC1)C1CCCC1. The molecule has 2 nitrogen and oxygen atoms in total. The lowest BCUT2D eigenvalue weighted by Gasteiger charge is -2.41. The standard InChI is InChI=1S/C18H36O2Si/c1-15(2)13-19-21(20-14-16(3)4,17-9-5-6-10-17)18-11-7-8-12-18/h15-18H,5-14H2,1-4H3. The van der Waals surface area contributed by atoms with Gasteiger partial charge < -0.3 is 8.85 Å². The van der Waals surface area contributed by atoms with Crippen molar-refractivity contribution in [1.29, 1.82) is 0 Å². The number of hydrogen-bond acceptors (Lipinski definition) is 2. The van der Waals surface area contributed by atoms with Gasteiger partial charge in [-0.15, -0.1) is 0 Å². The molecule has 0 aromatic rings. The molecule has 0 saturated heterocycles. The van der Waals surface area contributed by atoms with Crippen LogP contribution in [0.3, 0.4) is 0 Å². The minimum Gasteiger partial charge on any atom is -0.394 e. The van der Waals surface area contributed by atoms with Gasteiger partial charge in [-0.05, 0) is 37.5 Å². The van der Waals surface area contributed by atoms with E-state index in [0.29, 0.717) is 11.8 Å². The molecule has 0 aromatic carbocycles. The van der Waals surface area contributed by atoms with E-state index >= 15 is 0 Å². The second-order valence-corrected chi connectivity index (χ2v) is 11.7. The fourth-order valence-corrected chi connectivity index (χ4v) is 9.40. The molecule has 2 saturated carbocycles. The summed E-state index contributed by atoms with van der Waals surface area (Å²) in [5.41, 5.74) is 1.52. The summed E-state index contributed by atoms with van der Waals surface area (Å²) >= 11 is 0. The zero-order valence-electron chi connectivity index (χ0n) is 14.7. The van der Waals surface area contributed by atoms with Crippen molar-refractivity contribution in [2.75, 3.05) is 13.2 Å². The van der Waals surface area contributed by atoms with Gasteiger partial charge in [0, 0.05) is 24.3 Å². The smallest absolute Gasteiger partial charge is 0.344 e. The summed E-state index contributed by atoms with van der Waals surface area (Å²) in [5.74, 6) is 1.23. The van der Waals surface area contributed by atoms with Gasteiger partial charge in [-0.1, -0.05) is 53.4 Å². The highest BCUT2D eigenvalue weighted by molar-refractivity contribution is 6.70. The van der Waals surface area contributed by atoms with Gasteiger partial charge in [0.15, 0.2) is 0 Å². The van der Waals surface area contributed by atoms with Crippen LogP contribution in [0.5, 0.6) is 0 Å². The van der Waals surface area contributed by atoms with E-state index in [-0.39, 0.29) is 0 Å². The van der Waals surface area contributed by atoms with Crippen molar-refractivity contribution in [1.82, 2.24) is 0 Å². The van der Waals surface area contributed by atoms with Gasteiger partial charge in [0.1, 0.15) is 0 Å². The third kappa shape index (κ3) is 4.55. The fraction of sp³-hybridized carbons (Fsp3) is 1.00. The molecule has 0 spiro atoms. The lowest BCUT2D eigenvalue weighted by Crippen LogP contribution is -2.51. The minimum absolute atomic E-state index is 0.613. The highest BCUT2D eigenvalue weighted by atomic mass is 28.4. The van der Waals surface area contributed by atoms with Gasteiger partial charge in [-0.25, -0.2) is 0 Å². The molecule has 0 N–H and O–H groups in total. The van der Waals surface area contributed by atoms with E-state index in [0.717, 1.165) is 24.3 Å². The average Bonchev–Trinajstić information content (AvgIpc) is 3.12. The van der Waals surface area contributed by atoms with E-state index in [1.165, 1.54) is 51.4 Å². The van der Waals surface area contributed by atoms with E-state index in [1.807, 2.05) is 0 Å². The summed E-state index contributed by atoms with van der Waals surface area (Å²) in [6.45, 7) is 10.9. The van der Waals surface area contributed by atoms with Gasteiger partial charge in [-0.2, -0.15) is 0 Å². The average molecular weight is 313 g/mol. The maximum atomic E-state index is 6.73. The molecule has 2 aliphatic carbocycles. The Kier molecular flexibility index (Phi) is 6.76. The first-order valence-corrected chi connectivity index (χ1v) is 11.3. The van der Waals surface area contributed by atoms with Gasteiger partial charge in [0.25, 0.3) is 0 Å². The second-order valence-electron chi connectivity index (χ2n) is 8.09. The van der Waals surface area contributed by atoms with Crippen LogP contribution in [-0.4, -0.2) is 21.8 Å². The monoisotopic (exact) mass is 312 g/mol. The van der Waals surface area contributed by atoms with Crippen molar-refractivity contribution in [3.05, 3.63) is 0 Å². The number of rotatable bonds is 8. The van der Waals surface area contributed by atoms with Crippen LogP contribution in [0.1, 0.15) is 79.1 Å². The van der Waals surface area contributed by atoms with Crippen LogP contribution in [0.4, 0.5) is 0 Å². The van der Waals surface area contributed by atoms with Crippen LogP contribution in [0, 0.1) is 11.8 Å². The van der Waals surface area contributed by atoms with Crippen molar-refractivity contribution >= 4 is 8.56 Å². The molecule has 124 valence electrons. The lowest BCUT2D eigenvalue weighted by atomic mass is 10.2. The first-order chi connectivity index (χ1) is 10.0. The second kappa shape index (κ2) is 8.12. The number of hydrogen-bond donors (Lipinski definition) is 0. The van der Waals surface area contributed by atoms with Crippen LogP contribution in [-0.2, 0) is 8.85 Å². The van der Waals surface area contributed by atoms with E-state index in [9.17, 15) is 0 Å². The summed E-state index contributed by atoms with van der Waals surface area (Å²) in [5, 5.41) is 0. The summed E-state index contributed by atoms with van der Waals surface area (Å²) in [6.07, 6.45) is 11.0. The molecule has 0 heterocycles. The molecular formula is C18H36O2Si. The zero-order valence-corrected chi connectivity index (χ0v) is 15.7. The summed E-state index contributed by atoms with van der Waals surface area (Å²) in [6, 6.07) is 0. The van der Waals surface area contributed by atoms with E-state index < -0.39 is 8.56 Å². The molecule has 0 amide bonds. The molecule has 0 aromatic heterocycles. The Balaban J connectivity index is 2.16. The molecule has 3 heteroatoms. The maximum absolute atomic E-state index is 6.73. The molecule has 0 aliphatic heterocycles. The largest absolute Gasteiger partial charge is 0.394 e. The highest BCUT2D eigenvalue weighted by Gasteiger charge is 2.53. The predicted octanol–water partition coefficient (Wildman–Crippen LogP) is 5.66. The molecule has 21 heavy (non-hydrogen) atoms. The van der Waals surface area contributed by atoms with Gasteiger partial charge in [-0.3, -0.25) is 0 Å². The van der Waals surface area contributed by atoms with Gasteiger partial charge in [0.05, 0.1) is 0 Å². The van der Waals surface area contributed by atoms with Crippen LogP contribution >= 0.6 is 0 Å². The van der Waals surface area contributed by atoms with Crippen molar-refractivity contribution in [2.24, 2.45) is 11.8 Å². The molecule has 0 radical (unpaired) electrons. The fourth-order valence-electron chi connectivity index (χ4n) is 4.10. The molecule has 0 unspecified atom stereocenters. The first-order valence-electron chi connectivity index (χ1n) is 9.32. The Bertz CT molecular complexity index is 262. The topological polar surface area (TPSA) is 18.5 Å². The summed E-state index contributed by atoms with van der Waals surface area (Å²) < 4.78 is 13.5. The third-order valence-corrected chi connectivity index (χ3v) is 9.80. The van der Waals surface area contributed by atoms with Crippen LogP contribution in [0.25, 0.3) is 0 Å². The van der Waals surface area contributed by atoms with Crippen molar-refractivity contribution in [2.45, 2.75) is 90.1 Å². The van der Waals surface area contributed by atoms with Crippen LogP contribution in [0.2, 0.25) is 11.1 Å². The van der Waals surface area contributed by atoms with Crippen molar-refractivity contribution in [3.63, 3.8) is 0 Å². The van der Waals surface area contributed by atoms with E-state index in [4.69, 9.17) is 8.85 Å². The molecule has 0 bridgehead atoms. The lowest BCUT2D eigenvalue weighted by molar-refractivity contribution is 0.120. The van der Waals surface area contributed by atoms with Gasteiger partial charge in [0.2, 0.25) is 0 Å². The Labute approximate surface area is 133 Å². The minimum atomic E-state index is -2.05. The molecule has 2 fully saturated rings. The molecular weight excluding hydrogens is 276 g/mol. The molecule has 0 atom stereocenters. The Morgan fingerprint density at radius 1 is 0.714 bits per heavy atom. The van der Waals surface area contributed by atoms with Crippen LogP contribution in [0.15, 0.2) is 0 Å². The Morgan fingerprint density at radius 2 is 1.05 bits per heavy atom. The third-order valence-electron chi connectivity index (χ3n) is 5.13. The predicted molar refractivity (Wildman–Crippen MR) is 91.8 cm³/mol. The summed E-state index contributed by atoms with van der Waals surface area (Å²) in [7, 11) is -2.05. The highest BCUT2D eigenvalue weighted by Crippen LogP contribution is 2.51. The van der Waals surface area contributed by atoms with Crippen molar-refractivity contribution < 1.29 is 8.85 Å². The molecule has 2 rings (SSSR count). The van der Waals surface area contributed by atoms with Crippen molar-refractivity contribution in [3.8, 4) is 0 Å². The summed E-state index contributed by atoms with van der Waals surface area (Å²) in [4.78, 5) is 0. The van der Waals surface area contributed by atoms with E-state index in [2.05, 4.69) is 27.7 Å². The molecule has 2 aliphatic rings. The quantitative estimate of drug-likeness (QED) is 0.538. The normalized spacial score (nSPS) is 22.0. The first kappa shape index (κ1) is 17.5. The van der Waals surface area contributed by atoms with E-state index in [1.54, 1.807) is 0 Å². The Hall–Kier alpha value is 0.137. The zero-order chi connectivity index (χ0) is 15.3. The van der Waals surface area contributed by atoms with Crippen LogP contribution < -0.4 is 0 Å².